The predicted molar refractivity (Wildman–Crippen MR) is 224 cm³/mol. The third-order valence-electron chi connectivity index (χ3n) is 9.96. The van der Waals surface area contributed by atoms with Crippen LogP contribution in [0.5, 0.6) is 0 Å². The molecule has 0 aliphatic carbocycles. The van der Waals surface area contributed by atoms with Crippen LogP contribution < -0.4 is 0 Å². The maximum Gasteiger partial charge on any atom is 0.306 e. The summed E-state index contributed by atoms with van der Waals surface area (Å²) in [6, 6.07) is 0. The van der Waals surface area contributed by atoms with Crippen molar-refractivity contribution in [2.24, 2.45) is 0 Å². The van der Waals surface area contributed by atoms with Crippen molar-refractivity contribution in [1.29, 1.82) is 0 Å². The highest BCUT2D eigenvalue weighted by atomic mass is 16.6. The Labute approximate surface area is 328 Å². The standard InChI is InChI=1S/C47H86O6/c1-4-7-10-13-16-18-20-22-23-25-26-28-31-34-37-40-46(49)52-43-44(42-51-45(48)39-36-33-30-15-12-9-6-3)53-47(50)41-38-35-32-29-27-24-21-19-17-14-11-8-5-2/h16,18,22-23,44H,4-15,17,19-21,24-43H2,1-3H3/b18-16-,23-22-. The lowest BCUT2D eigenvalue weighted by atomic mass is 10.0. The van der Waals surface area contributed by atoms with Gasteiger partial charge in [0.15, 0.2) is 6.10 Å². The Morgan fingerprint density at radius 3 is 1.08 bits per heavy atom. The topological polar surface area (TPSA) is 78.9 Å². The highest BCUT2D eigenvalue weighted by Gasteiger charge is 2.19. The molecule has 53 heavy (non-hydrogen) atoms. The normalized spacial score (nSPS) is 12.1. The summed E-state index contributed by atoms with van der Waals surface area (Å²) in [6.07, 6.45) is 45.9. The summed E-state index contributed by atoms with van der Waals surface area (Å²) < 4.78 is 16.6. The van der Waals surface area contributed by atoms with Gasteiger partial charge in [0.25, 0.3) is 0 Å². The minimum atomic E-state index is -0.768. The Bertz CT molecular complexity index is 865. The molecule has 0 fully saturated rings. The fourth-order valence-corrected chi connectivity index (χ4v) is 6.47. The Morgan fingerprint density at radius 2 is 0.679 bits per heavy atom. The predicted octanol–water partition coefficient (Wildman–Crippen LogP) is 14.4. The van der Waals surface area contributed by atoms with Crippen LogP contribution in [0.1, 0.15) is 239 Å². The van der Waals surface area contributed by atoms with Gasteiger partial charge < -0.3 is 14.2 Å². The van der Waals surface area contributed by atoms with E-state index in [1.165, 1.54) is 122 Å². The molecule has 0 rings (SSSR count). The van der Waals surface area contributed by atoms with Gasteiger partial charge >= 0.3 is 17.9 Å². The first-order valence-corrected chi connectivity index (χ1v) is 22.8. The van der Waals surface area contributed by atoms with Crippen LogP contribution in [0.4, 0.5) is 0 Å². The van der Waals surface area contributed by atoms with E-state index in [0.717, 1.165) is 77.0 Å². The highest BCUT2D eigenvalue weighted by molar-refractivity contribution is 5.71. The van der Waals surface area contributed by atoms with E-state index in [2.05, 4.69) is 45.1 Å². The van der Waals surface area contributed by atoms with Crippen molar-refractivity contribution in [3.8, 4) is 0 Å². The molecule has 0 aromatic carbocycles. The summed E-state index contributed by atoms with van der Waals surface area (Å²) in [4.78, 5) is 37.6. The number of ether oxygens (including phenoxy) is 3. The van der Waals surface area contributed by atoms with Crippen LogP contribution in [-0.2, 0) is 28.6 Å². The van der Waals surface area contributed by atoms with Crippen LogP contribution >= 0.6 is 0 Å². The van der Waals surface area contributed by atoms with Crippen LogP contribution in [0.15, 0.2) is 24.3 Å². The molecule has 1 unspecified atom stereocenters. The van der Waals surface area contributed by atoms with Crippen molar-refractivity contribution < 1.29 is 28.6 Å². The molecule has 1 atom stereocenters. The fourth-order valence-electron chi connectivity index (χ4n) is 6.47. The number of rotatable bonds is 41. The van der Waals surface area contributed by atoms with Gasteiger partial charge in [0.05, 0.1) is 0 Å². The molecular weight excluding hydrogens is 661 g/mol. The molecule has 0 aromatic heterocycles. The Balaban J connectivity index is 4.31. The van der Waals surface area contributed by atoms with E-state index in [4.69, 9.17) is 14.2 Å². The lowest BCUT2D eigenvalue weighted by Crippen LogP contribution is -2.30. The number of hydrogen-bond acceptors (Lipinski definition) is 6. The molecule has 310 valence electrons. The Hall–Kier alpha value is -2.11. The molecule has 0 heterocycles. The molecular formula is C47H86O6. The van der Waals surface area contributed by atoms with Crippen molar-refractivity contribution in [3.63, 3.8) is 0 Å². The van der Waals surface area contributed by atoms with Gasteiger partial charge in [-0.1, -0.05) is 193 Å². The Kier molecular flexibility index (Phi) is 40.9. The maximum absolute atomic E-state index is 12.7. The summed E-state index contributed by atoms with van der Waals surface area (Å²) in [7, 11) is 0. The van der Waals surface area contributed by atoms with Crippen LogP contribution in [-0.4, -0.2) is 37.2 Å². The van der Waals surface area contributed by atoms with Gasteiger partial charge in [-0.25, -0.2) is 0 Å². The van der Waals surface area contributed by atoms with Crippen molar-refractivity contribution in [1.82, 2.24) is 0 Å². The van der Waals surface area contributed by atoms with Crippen molar-refractivity contribution in [2.45, 2.75) is 245 Å². The SMILES string of the molecule is CCCCC/C=C\C/C=C\CCCCCCCC(=O)OCC(COC(=O)CCCCCCCCC)OC(=O)CCCCCCCCCCCCCCC. The maximum atomic E-state index is 12.7. The van der Waals surface area contributed by atoms with E-state index in [9.17, 15) is 14.4 Å². The largest absolute Gasteiger partial charge is 0.462 e. The summed E-state index contributed by atoms with van der Waals surface area (Å²) in [5.74, 6) is -0.888. The fraction of sp³-hybridized carbons (Fsp3) is 0.851. The third kappa shape index (κ3) is 40.9. The van der Waals surface area contributed by atoms with E-state index in [1.54, 1.807) is 0 Å². The van der Waals surface area contributed by atoms with E-state index in [-0.39, 0.29) is 31.1 Å². The second-order valence-electron chi connectivity index (χ2n) is 15.3. The Morgan fingerprint density at radius 1 is 0.377 bits per heavy atom. The molecule has 0 amide bonds. The van der Waals surface area contributed by atoms with Gasteiger partial charge in [-0.2, -0.15) is 0 Å². The number of carbonyl (C=O) groups excluding carboxylic acids is 3. The molecule has 0 N–H and O–H groups in total. The highest BCUT2D eigenvalue weighted by Crippen LogP contribution is 2.15. The second kappa shape index (κ2) is 42.6. The molecule has 0 aliphatic rings. The molecule has 0 aromatic rings. The zero-order valence-corrected chi connectivity index (χ0v) is 35.3. The quantitative estimate of drug-likeness (QED) is 0.0268. The number of allylic oxidation sites excluding steroid dienone is 4. The van der Waals surface area contributed by atoms with Crippen molar-refractivity contribution in [2.75, 3.05) is 13.2 Å². The zero-order valence-electron chi connectivity index (χ0n) is 35.3. The number of hydrogen-bond donors (Lipinski definition) is 0. The zero-order chi connectivity index (χ0) is 38.7. The average Bonchev–Trinajstić information content (AvgIpc) is 3.15. The number of esters is 3. The van der Waals surface area contributed by atoms with E-state index in [1.807, 2.05) is 0 Å². The van der Waals surface area contributed by atoms with Crippen molar-refractivity contribution in [3.05, 3.63) is 24.3 Å². The lowest BCUT2D eigenvalue weighted by Gasteiger charge is -2.18. The summed E-state index contributed by atoms with van der Waals surface area (Å²) in [6.45, 7) is 6.56. The van der Waals surface area contributed by atoms with E-state index < -0.39 is 6.10 Å². The number of carbonyl (C=O) groups is 3. The summed E-state index contributed by atoms with van der Waals surface area (Å²) >= 11 is 0. The lowest BCUT2D eigenvalue weighted by molar-refractivity contribution is -0.167. The molecule has 0 aliphatic heterocycles. The van der Waals surface area contributed by atoms with Gasteiger partial charge in [-0.3, -0.25) is 14.4 Å². The molecule has 0 saturated heterocycles. The van der Waals surface area contributed by atoms with E-state index in [0.29, 0.717) is 19.3 Å². The van der Waals surface area contributed by atoms with Crippen LogP contribution in [0.3, 0.4) is 0 Å². The first-order valence-electron chi connectivity index (χ1n) is 22.8. The molecule has 0 spiro atoms. The van der Waals surface area contributed by atoms with Gasteiger partial charge in [-0.15, -0.1) is 0 Å². The van der Waals surface area contributed by atoms with E-state index >= 15 is 0 Å². The van der Waals surface area contributed by atoms with Crippen LogP contribution in [0.2, 0.25) is 0 Å². The van der Waals surface area contributed by atoms with Crippen LogP contribution in [0.25, 0.3) is 0 Å². The average molecular weight is 747 g/mol. The summed E-state index contributed by atoms with van der Waals surface area (Å²) in [5, 5.41) is 0. The third-order valence-corrected chi connectivity index (χ3v) is 9.96. The van der Waals surface area contributed by atoms with Gasteiger partial charge in [-0.05, 0) is 51.4 Å². The number of unbranched alkanes of at least 4 members (excludes halogenated alkanes) is 26. The van der Waals surface area contributed by atoms with Gasteiger partial charge in [0, 0.05) is 19.3 Å². The van der Waals surface area contributed by atoms with Crippen molar-refractivity contribution >= 4 is 17.9 Å². The summed E-state index contributed by atoms with van der Waals surface area (Å²) in [5.41, 5.74) is 0. The molecule has 6 nitrogen and oxygen atoms in total. The first-order chi connectivity index (χ1) is 26.0. The molecule has 0 radical (unpaired) electrons. The van der Waals surface area contributed by atoms with Gasteiger partial charge in [0.1, 0.15) is 13.2 Å². The smallest absolute Gasteiger partial charge is 0.306 e. The van der Waals surface area contributed by atoms with Crippen LogP contribution in [0, 0.1) is 0 Å². The first kappa shape index (κ1) is 50.9. The minimum absolute atomic E-state index is 0.0728. The second-order valence-corrected chi connectivity index (χ2v) is 15.3. The minimum Gasteiger partial charge on any atom is -0.462 e. The molecule has 0 bridgehead atoms. The monoisotopic (exact) mass is 747 g/mol. The van der Waals surface area contributed by atoms with Gasteiger partial charge in [0.2, 0.25) is 0 Å². The molecule has 6 heteroatoms. The molecule has 0 saturated carbocycles.